The zero-order chi connectivity index (χ0) is 22.1. The average molecular weight is 434 g/mol. The summed E-state index contributed by atoms with van der Waals surface area (Å²) in [7, 11) is 0. The van der Waals surface area contributed by atoms with Gasteiger partial charge in [-0.1, -0.05) is 36.4 Å². The first-order chi connectivity index (χ1) is 15.6. The van der Waals surface area contributed by atoms with Crippen LogP contribution in [-0.4, -0.2) is 46.4 Å². The Labute approximate surface area is 182 Å². The largest absolute Gasteiger partial charge is 0.459 e. The summed E-state index contributed by atoms with van der Waals surface area (Å²) >= 11 is 0. The number of hydrogen-bond donors (Lipinski definition) is 0. The molecule has 0 amide bonds. The zero-order valence-corrected chi connectivity index (χ0v) is 16.7. The second kappa shape index (κ2) is 8.27. The molecule has 9 nitrogen and oxygen atoms in total. The van der Waals surface area contributed by atoms with Crippen molar-refractivity contribution in [2.75, 3.05) is 6.61 Å². The van der Waals surface area contributed by atoms with E-state index in [1.54, 1.807) is 65.2 Å². The summed E-state index contributed by atoms with van der Waals surface area (Å²) < 4.78 is 24.5. The van der Waals surface area contributed by atoms with Crippen LogP contribution in [0.1, 0.15) is 26.9 Å². The third-order valence-electron chi connectivity index (χ3n) is 5.25. The van der Waals surface area contributed by atoms with Gasteiger partial charge in [0.15, 0.2) is 18.4 Å². The standard InChI is InChI=1S/C23H18N2O7/c26-17-11-12-25-20-19(32-23(25)24-17)18(31-22(28)15-9-5-2-6-10-15)16(30-20)13-29-21(27)14-7-3-1-4-8-14/h1-12,16,18-20H,13H2/t16-,18-,19+,20-/m1/s1. The van der Waals surface area contributed by atoms with Crippen molar-refractivity contribution in [3.05, 3.63) is 94.4 Å². The Morgan fingerprint density at radius 2 is 1.59 bits per heavy atom. The second-order valence-corrected chi connectivity index (χ2v) is 7.30. The first-order valence-electron chi connectivity index (χ1n) is 10.00. The number of esters is 2. The first-order valence-corrected chi connectivity index (χ1v) is 10.00. The van der Waals surface area contributed by atoms with Crippen LogP contribution >= 0.6 is 0 Å². The smallest absolute Gasteiger partial charge is 0.338 e. The second-order valence-electron chi connectivity index (χ2n) is 7.30. The summed E-state index contributed by atoms with van der Waals surface area (Å²) in [5.41, 5.74) is 0.299. The van der Waals surface area contributed by atoms with Crippen LogP contribution in [0, 0.1) is 0 Å². The molecule has 0 N–H and O–H groups in total. The van der Waals surface area contributed by atoms with Crippen molar-refractivity contribution >= 4 is 11.9 Å². The van der Waals surface area contributed by atoms with Crippen LogP contribution in [0.2, 0.25) is 0 Å². The van der Waals surface area contributed by atoms with Crippen LogP contribution in [0.4, 0.5) is 0 Å². The van der Waals surface area contributed by atoms with Crippen LogP contribution in [0.3, 0.4) is 0 Å². The van der Waals surface area contributed by atoms with Crippen LogP contribution in [0.25, 0.3) is 0 Å². The molecule has 1 aromatic heterocycles. The SMILES string of the molecule is O=C(OC[C@H]1O[C@@H]2[C@@H](Oc3nc(=O)ccn32)[C@@H]1OC(=O)c1ccccc1)c1ccccc1. The molecule has 3 aromatic rings. The lowest BCUT2D eigenvalue weighted by Crippen LogP contribution is -2.40. The quantitative estimate of drug-likeness (QED) is 0.562. The Balaban J connectivity index is 1.37. The normalized spacial score (nSPS) is 23.0. The van der Waals surface area contributed by atoms with Gasteiger partial charge in [-0.3, -0.25) is 9.36 Å². The Bertz CT molecular complexity index is 1200. The van der Waals surface area contributed by atoms with Crippen LogP contribution in [-0.2, 0) is 14.2 Å². The van der Waals surface area contributed by atoms with Gasteiger partial charge in [0, 0.05) is 12.3 Å². The topological polar surface area (TPSA) is 106 Å². The van der Waals surface area contributed by atoms with Crippen LogP contribution in [0.15, 0.2) is 77.7 Å². The lowest BCUT2D eigenvalue weighted by molar-refractivity contribution is -0.0574. The first kappa shape index (κ1) is 20.0. The highest BCUT2D eigenvalue weighted by molar-refractivity contribution is 5.90. The van der Waals surface area contributed by atoms with E-state index in [0.29, 0.717) is 11.1 Å². The molecule has 162 valence electrons. The van der Waals surface area contributed by atoms with Crippen molar-refractivity contribution < 1.29 is 28.5 Å². The van der Waals surface area contributed by atoms with Crippen molar-refractivity contribution in [1.29, 1.82) is 0 Å². The molecular formula is C23H18N2O7. The van der Waals surface area contributed by atoms with Crippen LogP contribution < -0.4 is 10.3 Å². The molecule has 0 saturated carbocycles. The summed E-state index contributed by atoms with van der Waals surface area (Å²) in [6, 6.07) is 18.4. The van der Waals surface area contributed by atoms with Gasteiger partial charge in [0.05, 0.1) is 11.1 Å². The van der Waals surface area contributed by atoms with E-state index in [1.807, 2.05) is 0 Å². The maximum atomic E-state index is 12.7. The molecule has 9 heteroatoms. The van der Waals surface area contributed by atoms with Gasteiger partial charge >= 0.3 is 17.9 Å². The summed E-state index contributed by atoms with van der Waals surface area (Å²) in [6.07, 6.45) is -1.61. The highest BCUT2D eigenvalue weighted by Crippen LogP contribution is 2.40. The monoisotopic (exact) mass is 434 g/mol. The summed E-state index contributed by atoms with van der Waals surface area (Å²) in [5.74, 6) is -1.09. The molecule has 0 unspecified atom stereocenters. The summed E-state index contributed by atoms with van der Waals surface area (Å²) in [5, 5.41) is 0. The number of carbonyl (C=O) groups is 2. The number of aromatic nitrogens is 2. The molecule has 1 fully saturated rings. The number of nitrogens with zero attached hydrogens (tertiary/aromatic N) is 2. The lowest BCUT2D eigenvalue weighted by Gasteiger charge is -2.22. The molecule has 0 aliphatic carbocycles. The van der Waals surface area contributed by atoms with Gasteiger partial charge in [0.2, 0.25) is 0 Å². The summed E-state index contributed by atoms with van der Waals surface area (Å²) in [6.45, 7) is -0.153. The maximum absolute atomic E-state index is 12.7. The predicted molar refractivity (Wildman–Crippen MR) is 109 cm³/mol. The van der Waals surface area contributed by atoms with Crippen molar-refractivity contribution in [1.82, 2.24) is 9.55 Å². The fourth-order valence-corrected chi connectivity index (χ4v) is 3.71. The van der Waals surface area contributed by atoms with Crippen molar-refractivity contribution in [2.24, 2.45) is 0 Å². The Kier molecular flexibility index (Phi) is 5.16. The van der Waals surface area contributed by atoms with Crippen molar-refractivity contribution in [3.8, 4) is 6.01 Å². The van der Waals surface area contributed by atoms with Gasteiger partial charge in [0.1, 0.15) is 12.7 Å². The molecule has 0 spiro atoms. The number of carbonyl (C=O) groups excluding carboxylic acids is 2. The van der Waals surface area contributed by atoms with Gasteiger partial charge in [0.25, 0.3) is 5.56 Å². The molecule has 5 rings (SSSR count). The van der Waals surface area contributed by atoms with Gasteiger partial charge in [-0.25, -0.2) is 9.59 Å². The number of fused-ring (bicyclic) bond motifs is 3. The number of benzene rings is 2. The van der Waals surface area contributed by atoms with E-state index in [2.05, 4.69) is 4.98 Å². The number of hydrogen-bond acceptors (Lipinski definition) is 8. The van der Waals surface area contributed by atoms with Gasteiger partial charge in [-0.15, -0.1) is 0 Å². The molecule has 2 aromatic carbocycles. The third-order valence-corrected chi connectivity index (χ3v) is 5.25. The van der Waals surface area contributed by atoms with E-state index in [4.69, 9.17) is 18.9 Å². The minimum atomic E-state index is -0.895. The fraction of sp³-hybridized carbons (Fsp3) is 0.217. The van der Waals surface area contributed by atoms with E-state index in [0.717, 1.165) is 0 Å². The van der Waals surface area contributed by atoms with E-state index < -0.39 is 42.0 Å². The molecule has 4 atom stereocenters. The van der Waals surface area contributed by atoms with Gasteiger partial charge < -0.3 is 18.9 Å². The zero-order valence-electron chi connectivity index (χ0n) is 16.7. The van der Waals surface area contributed by atoms with Gasteiger partial charge in [-0.05, 0) is 24.3 Å². The molecule has 1 saturated heterocycles. The molecule has 32 heavy (non-hydrogen) atoms. The third kappa shape index (κ3) is 3.74. The Morgan fingerprint density at radius 1 is 0.938 bits per heavy atom. The van der Waals surface area contributed by atoms with E-state index in [-0.39, 0.29) is 12.6 Å². The molecular weight excluding hydrogens is 416 g/mol. The number of ether oxygens (including phenoxy) is 4. The molecule has 2 aliphatic rings. The van der Waals surface area contributed by atoms with Gasteiger partial charge in [-0.2, -0.15) is 4.98 Å². The van der Waals surface area contributed by atoms with E-state index in [9.17, 15) is 14.4 Å². The minimum Gasteiger partial charge on any atom is -0.459 e. The van der Waals surface area contributed by atoms with E-state index in [1.165, 1.54) is 12.3 Å². The molecule has 0 radical (unpaired) electrons. The lowest BCUT2D eigenvalue weighted by atomic mass is 10.1. The Morgan fingerprint density at radius 3 is 2.28 bits per heavy atom. The molecule has 0 bridgehead atoms. The molecule has 2 aliphatic heterocycles. The number of rotatable bonds is 5. The maximum Gasteiger partial charge on any atom is 0.338 e. The predicted octanol–water partition coefficient (Wildman–Crippen LogP) is 1.98. The average Bonchev–Trinajstić information content (AvgIpc) is 3.34. The fourth-order valence-electron chi connectivity index (χ4n) is 3.71. The highest BCUT2D eigenvalue weighted by atomic mass is 16.7. The minimum absolute atomic E-state index is 0.0768. The molecule has 3 heterocycles. The van der Waals surface area contributed by atoms with Crippen molar-refractivity contribution in [3.63, 3.8) is 0 Å². The van der Waals surface area contributed by atoms with Crippen LogP contribution in [0.5, 0.6) is 6.01 Å². The Hall–Kier alpha value is -3.98. The highest BCUT2D eigenvalue weighted by Gasteiger charge is 2.54. The van der Waals surface area contributed by atoms with E-state index >= 15 is 0 Å². The summed E-state index contributed by atoms with van der Waals surface area (Å²) in [4.78, 5) is 40.5. The van der Waals surface area contributed by atoms with Crippen molar-refractivity contribution in [2.45, 2.75) is 24.5 Å².